The van der Waals surface area contributed by atoms with Gasteiger partial charge in [0.1, 0.15) is 0 Å². The molecule has 2 aromatic rings. The molecule has 1 heterocycles. The summed E-state index contributed by atoms with van der Waals surface area (Å²) in [7, 11) is 0. The summed E-state index contributed by atoms with van der Waals surface area (Å²) in [6, 6.07) is 13.1. The third-order valence-electron chi connectivity index (χ3n) is 2.18. The Morgan fingerprint density at radius 1 is 1.12 bits per heavy atom. The van der Waals surface area contributed by atoms with Gasteiger partial charge >= 0.3 is 5.97 Å². The molecule has 0 bridgehead atoms. The van der Waals surface area contributed by atoms with Gasteiger partial charge in [-0.1, -0.05) is 30.3 Å². The van der Waals surface area contributed by atoms with Gasteiger partial charge in [-0.05, 0) is 12.1 Å². The molecule has 0 saturated carbocycles. The molecule has 2 rings (SSSR count). The Morgan fingerprint density at radius 3 is 2.44 bits per heavy atom. The molecule has 4 heteroatoms. The molecule has 0 spiro atoms. The van der Waals surface area contributed by atoms with Crippen molar-refractivity contribution < 1.29 is 9.63 Å². The maximum atomic E-state index is 11.1. The van der Waals surface area contributed by atoms with Gasteiger partial charge in [0, 0.05) is 11.8 Å². The van der Waals surface area contributed by atoms with E-state index in [1.807, 2.05) is 30.3 Å². The summed E-state index contributed by atoms with van der Waals surface area (Å²) in [5, 5.41) is 0. The smallest absolute Gasteiger partial charge is 0.358 e. The largest absolute Gasteiger partial charge is 0.370 e. The first-order valence-electron chi connectivity index (χ1n) is 4.74. The summed E-state index contributed by atoms with van der Waals surface area (Å²) in [5.74, 6) is 4.19. The van der Waals surface area contributed by atoms with E-state index in [0.717, 1.165) is 11.3 Å². The number of pyridine rings is 1. The number of aromatic nitrogens is 1. The van der Waals surface area contributed by atoms with Gasteiger partial charge in [-0.15, -0.1) is 0 Å². The van der Waals surface area contributed by atoms with Crippen molar-refractivity contribution in [1.82, 2.24) is 4.98 Å². The summed E-state index contributed by atoms with van der Waals surface area (Å²) in [6.07, 6.45) is 1.44. The van der Waals surface area contributed by atoms with Gasteiger partial charge in [0.15, 0.2) is 0 Å². The third-order valence-corrected chi connectivity index (χ3v) is 2.18. The molecule has 0 atom stereocenters. The molecular formula is C12H10N2O2. The highest BCUT2D eigenvalue weighted by Gasteiger charge is 2.06. The SMILES string of the molecule is NOC(=O)c1ccc(-c2ccccc2)nc1. The number of carbonyl (C=O) groups is 1. The van der Waals surface area contributed by atoms with Gasteiger partial charge in [-0.3, -0.25) is 4.98 Å². The first-order valence-corrected chi connectivity index (χ1v) is 4.74. The maximum absolute atomic E-state index is 11.1. The Bertz CT molecular complexity index is 480. The van der Waals surface area contributed by atoms with Crippen LogP contribution in [0, 0.1) is 0 Å². The first kappa shape index (κ1) is 10.3. The van der Waals surface area contributed by atoms with E-state index in [2.05, 4.69) is 9.82 Å². The van der Waals surface area contributed by atoms with Gasteiger partial charge in [0.05, 0.1) is 11.3 Å². The minimum Gasteiger partial charge on any atom is -0.370 e. The van der Waals surface area contributed by atoms with Crippen molar-refractivity contribution in [3.05, 3.63) is 54.2 Å². The zero-order valence-electron chi connectivity index (χ0n) is 8.46. The fourth-order valence-electron chi connectivity index (χ4n) is 1.36. The second-order valence-corrected chi connectivity index (χ2v) is 3.20. The monoisotopic (exact) mass is 214 g/mol. The van der Waals surface area contributed by atoms with E-state index in [1.54, 1.807) is 12.1 Å². The molecule has 2 N–H and O–H groups in total. The van der Waals surface area contributed by atoms with Crippen LogP contribution in [0.3, 0.4) is 0 Å². The standard InChI is InChI=1S/C12H10N2O2/c13-16-12(15)10-6-7-11(14-8-10)9-4-2-1-3-5-9/h1-8H,13H2. The second-order valence-electron chi connectivity index (χ2n) is 3.20. The number of nitrogens with zero attached hydrogens (tertiary/aromatic N) is 1. The number of benzene rings is 1. The van der Waals surface area contributed by atoms with E-state index in [1.165, 1.54) is 6.20 Å². The maximum Gasteiger partial charge on any atom is 0.358 e. The topological polar surface area (TPSA) is 65.2 Å². The molecule has 0 radical (unpaired) electrons. The van der Waals surface area contributed by atoms with Crippen LogP contribution >= 0.6 is 0 Å². The van der Waals surface area contributed by atoms with E-state index in [9.17, 15) is 4.79 Å². The Labute approximate surface area is 92.6 Å². The lowest BCUT2D eigenvalue weighted by Gasteiger charge is -2.01. The van der Waals surface area contributed by atoms with Crippen molar-refractivity contribution in [3.8, 4) is 11.3 Å². The molecule has 0 aliphatic rings. The minimum atomic E-state index is -0.591. The highest BCUT2D eigenvalue weighted by Crippen LogP contribution is 2.16. The number of hydrogen-bond donors (Lipinski definition) is 1. The molecule has 0 aliphatic carbocycles. The zero-order valence-corrected chi connectivity index (χ0v) is 8.46. The van der Waals surface area contributed by atoms with Crippen molar-refractivity contribution in [2.45, 2.75) is 0 Å². The average Bonchev–Trinajstić information content (AvgIpc) is 2.39. The zero-order chi connectivity index (χ0) is 11.4. The second kappa shape index (κ2) is 4.55. The van der Waals surface area contributed by atoms with Crippen LogP contribution in [0.4, 0.5) is 0 Å². The lowest BCUT2D eigenvalue weighted by molar-refractivity contribution is 0.0503. The molecule has 0 saturated heterocycles. The van der Waals surface area contributed by atoms with Gasteiger partial charge in [0.25, 0.3) is 0 Å². The number of nitrogens with two attached hydrogens (primary N) is 1. The van der Waals surface area contributed by atoms with Crippen LogP contribution in [0.25, 0.3) is 11.3 Å². The molecule has 0 fully saturated rings. The van der Waals surface area contributed by atoms with Gasteiger partial charge in [0.2, 0.25) is 0 Å². The van der Waals surface area contributed by atoms with Crippen molar-refractivity contribution in [3.63, 3.8) is 0 Å². The summed E-state index contributed by atoms with van der Waals surface area (Å²) >= 11 is 0. The van der Waals surface area contributed by atoms with Gasteiger partial charge < -0.3 is 4.84 Å². The Balaban J connectivity index is 2.30. The number of rotatable bonds is 2. The van der Waals surface area contributed by atoms with E-state index in [0.29, 0.717) is 5.56 Å². The lowest BCUT2D eigenvalue weighted by Crippen LogP contribution is -2.10. The van der Waals surface area contributed by atoms with Crippen LogP contribution in [0.1, 0.15) is 10.4 Å². The molecular weight excluding hydrogens is 204 g/mol. The Hall–Kier alpha value is -2.20. The van der Waals surface area contributed by atoms with Crippen LogP contribution in [0.2, 0.25) is 0 Å². The first-order chi connectivity index (χ1) is 7.81. The van der Waals surface area contributed by atoms with Crippen LogP contribution in [0.5, 0.6) is 0 Å². The van der Waals surface area contributed by atoms with Crippen LogP contribution in [-0.2, 0) is 4.84 Å². The van der Waals surface area contributed by atoms with E-state index in [4.69, 9.17) is 5.90 Å². The number of hydrogen-bond acceptors (Lipinski definition) is 4. The Kier molecular flexibility index (Phi) is 2.93. The predicted molar refractivity (Wildman–Crippen MR) is 59.3 cm³/mol. The summed E-state index contributed by atoms with van der Waals surface area (Å²) in [6.45, 7) is 0. The minimum absolute atomic E-state index is 0.335. The van der Waals surface area contributed by atoms with Crippen molar-refractivity contribution in [2.24, 2.45) is 5.90 Å². The van der Waals surface area contributed by atoms with E-state index < -0.39 is 5.97 Å². The van der Waals surface area contributed by atoms with E-state index >= 15 is 0 Å². The quantitative estimate of drug-likeness (QED) is 0.774. The summed E-state index contributed by atoms with van der Waals surface area (Å²) in [5.41, 5.74) is 2.13. The molecule has 0 aliphatic heterocycles. The van der Waals surface area contributed by atoms with Crippen LogP contribution < -0.4 is 5.90 Å². The Morgan fingerprint density at radius 2 is 1.88 bits per heavy atom. The van der Waals surface area contributed by atoms with Crippen molar-refractivity contribution >= 4 is 5.97 Å². The molecule has 16 heavy (non-hydrogen) atoms. The molecule has 1 aromatic carbocycles. The molecule has 80 valence electrons. The van der Waals surface area contributed by atoms with Crippen molar-refractivity contribution in [2.75, 3.05) is 0 Å². The number of carbonyl (C=O) groups excluding carboxylic acids is 1. The third kappa shape index (κ3) is 2.07. The molecule has 1 aromatic heterocycles. The predicted octanol–water partition coefficient (Wildman–Crippen LogP) is 1.78. The fourth-order valence-corrected chi connectivity index (χ4v) is 1.36. The van der Waals surface area contributed by atoms with Gasteiger partial charge in [-0.2, -0.15) is 5.90 Å². The van der Waals surface area contributed by atoms with E-state index in [-0.39, 0.29) is 0 Å². The summed E-state index contributed by atoms with van der Waals surface area (Å²) in [4.78, 5) is 19.3. The van der Waals surface area contributed by atoms with Crippen molar-refractivity contribution in [1.29, 1.82) is 0 Å². The van der Waals surface area contributed by atoms with Crippen LogP contribution in [-0.4, -0.2) is 11.0 Å². The molecule has 4 nitrogen and oxygen atoms in total. The fraction of sp³-hybridized carbons (Fsp3) is 0. The van der Waals surface area contributed by atoms with Gasteiger partial charge in [-0.25, -0.2) is 4.79 Å². The molecule has 0 amide bonds. The highest BCUT2D eigenvalue weighted by molar-refractivity contribution is 5.89. The summed E-state index contributed by atoms with van der Waals surface area (Å²) < 4.78 is 0. The highest BCUT2D eigenvalue weighted by atomic mass is 16.7. The van der Waals surface area contributed by atoms with Crippen LogP contribution in [0.15, 0.2) is 48.7 Å². The lowest BCUT2D eigenvalue weighted by atomic mass is 10.1. The molecule has 0 unspecified atom stereocenters. The normalized spacial score (nSPS) is 9.81. The average molecular weight is 214 g/mol.